The number of benzene rings is 3. The van der Waals surface area contributed by atoms with E-state index in [0.717, 1.165) is 37.0 Å². The summed E-state index contributed by atoms with van der Waals surface area (Å²) in [7, 11) is 0. The molecule has 0 aliphatic rings. The summed E-state index contributed by atoms with van der Waals surface area (Å²) in [6.45, 7) is 1.96. The van der Waals surface area contributed by atoms with Gasteiger partial charge < -0.3 is 5.32 Å². The Hall–Kier alpha value is -2.55. The van der Waals surface area contributed by atoms with Crippen molar-refractivity contribution in [2.75, 3.05) is 11.1 Å². The van der Waals surface area contributed by atoms with Gasteiger partial charge in [0.25, 0.3) is 0 Å². The van der Waals surface area contributed by atoms with Crippen molar-refractivity contribution >= 4 is 55.2 Å². The number of amides is 1. The topological polar surface area (TPSA) is 67.8 Å². The van der Waals surface area contributed by atoms with Crippen molar-refractivity contribution in [3.63, 3.8) is 0 Å². The molecule has 0 saturated carbocycles. The molecule has 0 spiro atoms. The SMILES string of the molecule is Cc1ccccc1NC(=O)CSc1nnc(-c2ccc(Br)cc2)c(-c2ccc(Br)cc2)n1. The number of hydrogen-bond acceptors (Lipinski definition) is 5. The van der Waals surface area contributed by atoms with E-state index in [1.165, 1.54) is 11.8 Å². The van der Waals surface area contributed by atoms with Crippen LogP contribution in [0, 0.1) is 6.92 Å². The molecular formula is C24H18Br2N4OS. The average Bonchev–Trinajstić information content (AvgIpc) is 2.80. The predicted octanol–water partition coefficient (Wildman–Crippen LogP) is 6.77. The molecule has 0 aliphatic carbocycles. The quantitative estimate of drug-likeness (QED) is 0.259. The smallest absolute Gasteiger partial charge is 0.234 e. The number of halogens is 2. The number of nitrogens with one attached hydrogen (secondary N) is 1. The van der Waals surface area contributed by atoms with Gasteiger partial charge in [0, 0.05) is 25.8 Å². The maximum Gasteiger partial charge on any atom is 0.234 e. The minimum absolute atomic E-state index is 0.116. The monoisotopic (exact) mass is 568 g/mol. The molecule has 0 bridgehead atoms. The second kappa shape index (κ2) is 10.4. The standard InChI is InChI=1S/C24H18Br2N4OS/c1-15-4-2-3-5-20(15)27-21(31)14-32-24-28-22(16-6-10-18(25)11-7-16)23(29-30-24)17-8-12-19(26)13-9-17/h2-13H,14H2,1H3,(H,27,31). The van der Waals surface area contributed by atoms with E-state index in [-0.39, 0.29) is 11.7 Å². The van der Waals surface area contributed by atoms with Gasteiger partial charge in [-0.25, -0.2) is 4.98 Å². The first-order chi connectivity index (χ1) is 15.5. The fourth-order valence-electron chi connectivity index (χ4n) is 3.01. The summed E-state index contributed by atoms with van der Waals surface area (Å²) in [6, 6.07) is 23.4. The zero-order valence-electron chi connectivity index (χ0n) is 17.0. The van der Waals surface area contributed by atoms with Crippen molar-refractivity contribution < 1.29 is 4.79 Å². The number of nitrogens with zero attached hydrogens (tertiary/aromatic N) is 3. The first-order valence-electron chi connectivity index (χ1n) is 9.74. The third-order valence-corrected chi connectivity index (χ3v) is 6.55. The Morgan fingerprint density at radius 1 is 0.844 bits per heavy atom. The molecule has 0 saturated heterocycles. The van der Waals surface area contributed by atoms with E-state index < -0.39 is 0 Å². The van der Waals surface area contributed by atoms with Gasteiger partial charge in [0.15, 0.2) is 0 Å². The minimum Gasteiger partial charge on any atom is -0.325 e. The van der Waals surface area contributed by atoms with Crippen LogP contribution >= 0.6 is 43.6 Å². The molecule has 8 heteroatoms. The molecule has 1 aromatic heterocycles. The minimum atomic E-state index is -0.116. The first kappa shape index (κ1) is 22.6. The van der Waals surface area contributed by atoms with Gasteiger partial charge >= 0.3 is 0 Å². The average molecular weight is 570 g/mol. The second-order valence-corrected chi connectivity index (χ2v) is 9.73. The fourth-order valence-corrected chi connectivity index (χ4v) is 4.13. The number of anilines is 1. The van der Waals surface area contributed by atoms with Gasteiger partial charge in [-0.15, -0.1) is 10.2 Å². The van der Waals surface area contributed by atoms with Crippen LogP contribution in [0.4, 0.5) is 5.69 Å². The largest absolute Gasteiger partial charge is 0.325 e. The number of rotatable bonds is 6. The van der Waals surface area contributed by atoms with Crippen LogP contribution < -0.4 is 5.32 Å². The van der Waals surface area contributed by atoms with Crippen LogP contribution in [-0.2, 0) is 4.79 Å². The summed E-state index contributed by atoms with van der Waals surface area (Å²) in [5.41, 5.74) is 5.07. The fraction of sp³-hybridized carbons (Fsp3) is 0.0833. The molecule has 1 N–H and O–H groups in total. The highest BCUT2D eigenvalue weighted by Gasteiger charge is 2.15. The Morgan fingerprint density at radius 3 is 2.06 bits per heavy atom. The van der Waals surface area contributed by atoms with Crippen molar-refractivity contribution in [1.82, 2.24) is 15.2 Å². The number of carbonyl (C=O) groups excluding carboxylic acids is 1. The summed E-state index contributed by atoms with van der Waals surface area (Å²) < 4.78 is 1.97. The number of thioether (sulfide) groups is 1. The summed E-state index contributed by atoms with van der Waals surface area (Å²) >= 11 is 8.20. The van der Waals surface area contributed by atoms with E-state index in [1.54, 1.807) is 0 Å². The molecule has 0 atom stereocenters. The van der Waals surface area contributed by atoms with Gasteiger partial charge in [0.05, 0.1) is 5.75 Å². The Kier molecular flexibility index (Phi) is 7.34. The first-order valence-corrected chi connectivity index (χ1v) is 12.3. The van der Waals surface area contributed by atoms with Crippen molar-refractivity contribution in [2.24, 2.45) is 0 Å². The highest BCUT2D eigenvalue weighted by atomic mass is 79.9. The molecule has 0 unspecified atom stereocenters. The summed E-state index contributed by atoms with van der Waals surface area (Å²) in [6.07, 6.45) is 0. The molecular weight excluding hydrogens is 552 g/mol. The van der Waals surface area contributed by atoms with Crippen LogP contribution in [0.15, 0.2) is 86.9 Å². The summed E-state index contributed by atoms with van der Waals surface area (Å²) in [5.74, 6) is 0.0723. The normalized spacial score (nSPS) is 10.7. The molecule has 160 valence electrons. The maximum absolute atomic E-state index is 12.4. The number of carbonyl (C=O) groups is 1. The Morgan fingerprint density at radius 2 is 1.44 bits per heavy atom. The zero-order valence-corrected chi connectivity index (χ0v) is 21.0. The van der Waals surface area contributed by atoms with Gasteiger partial charge in [-0.1, -0.05) is 86.1 Å². The van der Waals surface area contributed by atoms with E-state index in [1.807, 2.05) is 79.7 Å². The van der Waals surface area contributed by atoms with Crippen LogP contribution in [0.25, 0.3) is 22.5 Å². The third kappa shape index (κ3) is 5.62. The summed E-state index contributed by atoms with van der Waals surface area (Å²) in [4.78, 5) is 17.2. The van der Waals surface area contributed by atoms with E-state index in [2.05, 4.69) is 47.4 Å². The van der Waals surface area contributed by atoms with Crippen LogP contribution in [0.3, 0.4) is 0 Å². The van der Waals surface area contributed by atoms with Gasteiger partial charge in [0.2, 0.25) is 11.1 Å². The van der Waals surface area contributed by atoms with Crippen LogP contribution in [0.1, 0.15) is 5.56 Å². The second-order valence-electron chi connectivity index (χ2n) is 6.96. The van der Waals surface area contributed by atoms with Crippen LogP contribution in [0.5, 0.6) is 0 Å². The van der Waals surface area contributed by atoms with E-state index >= 15 is 0 Å². The summed E-state index contributed by atoms with van der Waals surface area (Å²) in [5, 5.41) is 12.1. The molecule has 3 aromatic carbocycles. The molecule has 0 radical (unpaired) electrons. The van der Waals surface area contributed by atoms with Crippen LogP contribution in [0.2, 0.25) is 0 Å². The Balaban J connectivity index is 1.59. The predicted molar refractivity (Wildman–Crippen MR) is 137 cm³/mol. The lowest BCUT2D eigenvalue weighted by molar-refractivity contribution is -0.113. The maximum atomic E-state index is 12.4. The van der Waals surface area contributed by atoms with Crippen molar-refractivity contribution in [1.29, 1.82) is 0 Å². The van der Waals surface area contributed by atoms with Crippen molar-refractivity contribution in [3.8, 4) is 22.5 Å². The van der Waals surface area contributed by atoms with Crippen LogP contribution in [-0.4, -0.2) is 26.8 Å². The van der Waals surface area contributed by atoms with Gasteiger partial charge in [-0.3, -0.25) is 4.79 Å². The number of para-hydroxylation sites is 1. The molecule has 32 heavy (non-hydrogen) atoms. The highest BCUT2D eigenvalue weighted by Crippen LogP contribution is 2.31. The molecule has 4 rings (SSSR count). The lowest BCUT2D eigenvalue weighted by atomic mass is 10.0. The molecule has 1 amide bonds. The van der Waals surface area contributed by atoms with Crippen molar-refractivity contribution in [2.45, 2.75) is 12.1 Å². The molecule has 1 heterocycles. The lowest BCUT2D eigenvalue weighted by Gasteiger charge is -2.10. The van der Waals surface area contributed by atoms with E-state index in [9.17, 15) is 4.79 Å². The molecule has 5 nitrogen and oxygen atoms in total. The molecule has 4 aromatic rings. The molecule has 0 aliphatic heterocycles. The Labute approximate surface area is 207 Å². The number of hydrogen-bond donors (Lipinski definition) is 1. The zero-order chi connectivity index (χ0) is 22.5. The number of aromatic nitrogens is 3. The van der Waals surface area contributed by atoms with Crippen molar-refractivity contribution in [3.05, 3.63) is 87.3 Å². The Bertz CT molecular complexity index is 1250. The number of aryl methyl sites for hydroxylation is 1. The van der Waals surface area contributed by atoms with E-state index in [4.69, 9.17) is 4.98 Å². The van der Waals surface area contributed by atoms with Gasteiger partial charge in [0.1, 0.15) is 11.4 Å². The lowest BCUT2D eigenvalue weighted by Crippen LogP contribution is -2.15. The third-order valence-electron chi connectivity index (χ3n) is 4.65. The van der Waals surface area contributed by atoms with E-state index in [0.29, 0.717) is 10.9 Å². The molecule has 0 fully saturated rings. The van der Waals surface area contributed by atoms with Gasteiger partial charge in [-0.05, 0) is 42.8 Å². The highest BCUT2D eigenvalue weighted by molar-refractivity contribution is 9.10. The van der Waals surface area contributed by atoms with Gasteiger partial charge in [-0.2, -0.15) is 0 Å².